The van der Waals surface area contributed by atoms with Crippen LogP contribution in [0.3, 0.4) is 0 Å². The van der Waals surface area contributed by atoms with Crippen LogP contribution in [0.5, 0.6) is 0 Å². The number of amidine groups is 1. The Kier molecular flexibility index (Phi) is 2.65. The molecule has 0 unspecified atom stereocenters. The highest BCUT2D eigenvalue weighted by Gasteiger charge is 2.20. The van der Waals surface area contributed by atoms with Gasteiger partial charge in [-0.05, 0) is 43.4 Å². The van der Waals surface area contributed by atoms with Crippen molar-refractivity contribution in [1.29, 1.82) is 0 Å². The van der Waals surface area contributed by atoms with Crippen LogP contribution in [0, 0.1) is 0 Å². The number of allylic oxidation sites excluding steroid dienone is 3. The predicted molar refractivity (Wildman–Crippen MR) is 67.1 cm³/mol. The van der Waals surface area contributed by atoms with E-state index in [-0.39, 0.29) is 0 Å². The molecule has 84 valence electrons. The third-order valence-corrected chi connectivity index (χ3v) is 3.58. The van der Waals surface area contributed by atoms with Gasteiger partial charge in [-0.3, -0.25) is 0 Å². The molecule has 2 aliphatic heterocycles. The van der Waals surface area contributed by atoms with Gasteiger partial charge in [-0.15, -0.1) is 0 Å². The SMILES string of the molecule is C1=CC2=NC3=C(CCCCCC3)CN2C=C1. The molecule has 0 atom stereocenters. The van der Waals surface area contributed by atoms with Crippen molar-refractivity contribution in [2.45, 2.75) is 38.5 Å². The zero-order valence-electron chi connectivity index (χ0n) is 9.65. The van der Waals surface area contributed by atoms with Crippen LogP contribution in [0.4, 0.5) is 0 Å². The third-order valence-electron chi connectivity index (χ3n) is 3.58. The van der Waals surface area contributed by atoms with E-state index in [1.165, 1.54) is 44.2 Å². The lowest BCUT2D eigenvalue weighted by Gasteiger charge is -2.30. The van der Waals surface area contributed by atoms with Crippen molar-refractivity contribution in [2.75, 3.05) is 6.54 Å². The van der Waals surface area contributed by atoms with Crippen LogP contribution in [0.25, 0.3) is 0 Å². The molecular formula is C14H18N2. The zero-order valence-corrected chi connectivity index (χ0v) is 9.65. The Morgan fingerprint density at radius 2 is 1.88 bits per heavy atom. The first-order chi connectivity index (χ1) is 7.93. The van der Waals surface area contributed by atoms with E-state index in [2.05, 4.69) is 29.3 Å². The fourth-order valence-electron chi connectivity index (χ4n) is 2.66. The molecule has 16 heavy (non-hydrogen) atoms. The Bertz CT molecular complexity index is 399. The van der Waals surface area contributed by atoms with E-state index in [4.69, 9.17) is 4.99 Å². The van der Waals surface area contributed by atoms with Gasteiger partial charge in [0.1, 0.15) is 5.84 Å². The first-order valence-corrected chi connectivity index (χ1v) is 6.34. The zero-order chi connectivity index (χ0) is 10.8. The fourth-order valence-corrected chi connectivity index (χ4v) is 2.66. The number of rotatable bonds is 0. The maximum absolute atomic E-state index is 4.81. The fraction of sp³-hybridized carbons (Fsp3) is 0.500. The molecule has 0 amide bonds. The lowest BCUT2D eigenvalue weighted by atomic mass is 9.96. The molecule has 0 radical (unpaired) electrons. The number of hydrogen-bond acceptors (Lipinski definition) is 2. The molecule has 0 N–H and O–H groups in total. The quantitative estimate of drug-likeness (QED) is 0.603. The molecule has 0 aromatic rings. The van der Waals surface area contributed by atoms with Crippen LogP contribution in [-0.2, 0) is 0 Å². The lowest BCUT2D eigenvalue weighted by molar-refractivity contribution is 0.530. The first-order valence-electron chi connectivity index (χ1n) is 6.34. The summed E-state index contributed by atoms with van der Waals surface area (Å²) < 4.78 is 0. The average Bonchev–Trinajstić information content (AvgIpc) is 2.29. The summed E-state index contributed by atoms with van der Waals surface area (Å²) in [6, 6.07) is 0. The van der Waals surface area contributed by atoms with Gasteiger partial charge in [0.2, 0.25) is 0 Å². The summed E-state index contributed by atoms with van der Waals surface area (Å²) in [5.74, 6) is 1.13. The normalized spacial score (nSPS) is 24.5. The minimum atomic E-state index is 1.06. The van der Waals surface area contributed by atoms with Crippen LogP contribution in [0.2, 0.25) is 0 Å². The summed E-state index contributed by atoms with van der Waals surface area (Å²) in [7, 11) is 0. The minimum absolute atomic E-state index is 1.06. The van der Waals surface area contributed by atoms with Crippen molar-refractivity contribution in [3.8, 4) is 0 Å². The summed E-state index contributed by atoms with van der Waals surface area (Å²) >= 11 is 0. The molecule has 2 heterocycles. The molecule has 0 saturated carbocycles. The van der Waals surface area contributed by atoms with E-state index in [9.17, 15) is 0 Å². The Balaban J connectivity index is 1.90. The number of nitrogens with zero attached hydrogens (tertiary/aromatic N) is 2. The Labute approximate surface area is 97.1 Å². The van der Waals surface area contributed by atoms with Gasteiger partial charge in [0.15, 0.2) is 0 Å². The van der Waals surface area contributed by atoms with Crippen LogP contribution in [0.1, 0.15) is 38.5 Å². The van der Waals surface area contributed by atoms with E-state index in [1.807, 2.05) is 0 Å². The molecule has 2 heteroatoms. The monoisotopic (exact) mass is 214 g/mol. The Morgan fingerprint density at radius 3 is 2.81 bits per heavy atom. The van der Waals surface area contributed by atoms with Gasteiger partial charge in [-0.2, -0.15) is 0 Å². The number of fused-ring (bicyclic) bond motifs is 1. The third kappa shape index (κ3) is 1.84. The van der Waals surface area contributed by atoms with E-state index in [1.54, 1.807) is 5.57 Å². The van der Waals surface area contributed by atoms with Crippen molar-refractivity contribution in [3.63, 3.8) is 0 Å². The molecular weight excluding hydrogens is 196 g/mol. The second-order valence-electron chi connectivity index (χ2n) is 4.76. The second kappa shape index (κ2) is 4.28. The second-order valence-corrected chi connectivity index (χ2v) is 4.76. The highest BCUT2D eigenvalue weighted by atomic mass is 15.2. The number of hydrogen-bond donors (Lipinski definition) is 0. The van der Waals surface area contributed by atoms with Crippen molar-refractivity contribution < 1.29 is 0 Å². The highest BCUT2D eigenvalue weighted by Crippen LogP contribution is 2.28. The van der Waals surface area contributed by atoms with Gasteiger partial charge in [-0.25, -0.2) is 4.99 Å². The van der Waals surface area contributed by atoms with Crippen molar-refractivity contribution in [1.82, 2.24) is 4.90 Å². The van der Waals surface area contributed by atoms with Crippen LogP contribution in [-0.4, -0.2) is 17.3 Å². The summed E-state index contributed by atoms with van der Waals surface area (Å²) in [6.07, 6.45) is 16.3. The molecule has 0 aromatic heterocycles. The molecule has 0 aromatic carbocycles. The van der Waals surface area contributed by atoms with Gasteiger partial charge in [-0.1, -0.05) is 18.9 Å². The standard InChI is InChI=1S/C14H18N2/c1-2-4-8-13-12(7-3-1)11-16-10-6-5-9-14(16)15-13/h5-6,9-10H,1-4,7-8,11H2. The molecule has 2 nitrogen and oxygen atoms in total. The Morgan fingerprint density at radius 1 is 1.00 bits per heavy atom. The average molecular weight is 214 g/mol. The van der Waals surface area contributed by atoms with E-state index in [0.29, 0.717) is 0 Å². The van der Waals surface area contributed by atoms with Crippen LogP contribution >= 0.6 is 0 Å². The van der Waals surface area contributed by atoms with E-state index in [0.717, 1.165) is 12.4 Å². The minimum Gasteiger partial charge on any atom is -0.329 e. The predicted octanol–water partition coefficient (Wildman–Crippen LogP) is 3.39. The maximum atomic E-state index is 4.81. The highest BCUT2D eigenvalue weighted by molar-refractivity contribution is 5.96. The van der Waals surface area contributed by atoms with Gasteiger partial charge in [0.25, 0.3) is 0 Å². The molecule has 3 rings (SSSR count). The van der Waals surface area contributed by atoms with Gasteiger partial charge >= 0.3 is 0 Å². The summed E-state index contributed by atoms with van der Waals surface area (Å²) in [4.78, 5) is 7.08. The van der Waals surface area contributed by atoms with Crippen LogP contribution < -0.4 is 0 Å². The summed E-state index contributed by atoms with van der Waals surface area (Å²) in [5, 5.41) is 0. The van der Waals surface area contributed by atoms with Crippen molar-refractivity contribution >= 4 is 5.84 Å². The molecule has 0 fully saturated rings. The topological polar surface area (TPSA) is 15.6 Å². The number of aliphatic imine (C=N–C) groups is 1. The molecule has 0 bridgehead atoms. The van der Waals surface area contributed by atoms with Crippen molar-refractivity contribution in [2.24, 2.45) is 4.99 Å². The maximum Gasteiger partial charge on any atom is 0.133 e. The van der Waals surface area contributed by atoms with E-state index < -0.39 is 0 Å². The van der Waals surface area contributed by atoms with Gasteiger partial charge in [0, 0.05) is 18.4 Å². The summed E-state index contributed by atoms with van der Waals surface area (Å²) in [5.41, 5.74) is 2.95. The van der Waals surface area contributed by atoms with E-state index >= 15 is 0 Å². The lowest BCUT2D eigenvalue weighted by Crippen LogP contribution is -2.31. The smallest absolute Gasteiger partial charge is 0.133 e. The first kappa shape index (κ1) is 9.88. The summed E-state index contributed by atoms with van der Waals surface area (Å²) in [6.45, 7) is 1.06. The van der Waals surface area contributed by atoms with Crippen LogP contribution in [0.15, 0.2) is 40.7 Å². The van der Waals surface area contributed by atoms with Gasteiger partial charge < -0.3 is 4.90 Å². The van der Waals surface area contributed by atoms with Gasteiger partial charge in [0.05, 0.1) is 0 Å². The molecule has 3 aliphatic rings. The largest absolute Gasteiger partial charge is 0.329 e. The molecule has 0 saturated heterocycles. The molecule has 0 spiro atoms. The Hall–Kier alpha value is -1.31. The van der Waals surface area contributed by atoms with Crippen molar-refractivity contribution in [3.05, 3.63) is 35.7 Å². The molecule has 1 aliphatic carbocycles.